The molecule has 1 rings (SSSR count). The predicted molar refractivity (Wildman–Crippen MR) is 67.8 cm³/mol. The van der Waals surface area contributed by atoms with Crippen molar-refractivity contribution in [2.24, 2.45) is 5.73 Å². The molecule has 94 valence electrons. The first-order chi connectivity index (χ1) is 7.89. The number of hydrogen-bond donors (Lipinski definition) is 2. The number of carbonyl (C=O) groups is 1. The summed E-state index contributed by atoms with van der Waals surface area (Å²) in [6, 6.07) is 6.87. The second kappa shape index (κ2) is 5.88. The van der Waals surface area contributed by atoms with Gasteiger partial charge in [-0.05, 0) is 24.3 Å². The fourth-order valence-corrected chi connectivity index (χ4v) is 2.32. The third-order valence-corrected chi connectivity index (χ3v) is 3.75. The van der Waals surface area contributed by atoms with Crippen LogP contribution in [-0.4, -0.2) is 32.4 Å². The van der Waals surface area contributed by atoms with E-state index in [0.717, 1.165) is 5.69 Å². The lowest BCUT2D eigenvalue weighted by atomic mass is 10.3. The Balaban J connectivity index is 2.42. The molecule has 0 aliphatic heterocycles. The molecule has 1 aromatic rings. The molecule has 0 radical (unpaired) electrons. The third-order valence-electron chi connectivity index (χ3n) is 1.95. The van der Waals surface area contributed by atoms with Crippen molar-refractivity contribution in [3.05, 3.63) is 29.3 Å². The third kappa shape index (κ3) is 5.55. The van der Waals surface area contributed by atoms with E-state index in [4.69, 9.17) is 17.3 Å². The highest BCUT2D eigenvalue weighted by Gasteiger charge is 2.13. The van der Waals surface area contributed by atoms with Gasteiger partial charge in [0.25, 0.3) is 0 Å². The van der Waals surface area contributed by atoms with Crippen LogP contribution in [0.2, 0.25) is 5.02 Å². The van der Waals surface area contributed by atoms with Gasteiger partial charge in [0, 0.05) is 17.3 Å². The van der Waals surface area contributed by atoms with Gasteiger partial charge < -0.3 is 11.1 Å². The minimum absolute atomic E-state index is 0.140. The highest BCUT2D eigenvalue weighted by atomic mass is 35.5. The van der Waals surface area contributed by atoms with Crippen molar-refractivity contribution in [1.82, 2.24) is 0 Å². The van der Waals surface area contributed by atoms with Gasteiger partial charge in [0.15, 0.2) is 9.84 Å². The molecule has 1 aromatic carbocycles. The van der Waals surface area contributed by atoms with E-state index < -0.39 is 21.5 Å². The largest absolute Gasteiger partial charge is 0.384 e. The lowest BCUT2D eigenvalue weighted by Crippen LogP contribution is -2.27. The Bertz CT molecular complexity index is 485. The fraction of sp³-hybridized carbons (Fsp3) is 0.300. The van der Waals surface area contributed by atoms with Gasteiger partial charge in [-0.25, -0.2) is 8.42 Å². The quantitative estimate of drug-likeness (QED) is 0.798. The number of amides is 1. The van der Waals surface area contributed by atoms with E-state index in [2.05, 4.69) is 5.32 Å². The van der Waals surface area contributed by atoms with Gasteiger partial charge >= 0.3 is 0 Å². The second-order valence-corrected chi connectivity index (χ2v) is 6.11. The van der Waals surface area contributed by atoms with Gasteiger partial charge in [-0.2, -0.15) is 0 Å². The zero-order valence-electron chi connectivity index (χ0n) is 9.02. The molecule has 0 spiro atoms. The molecule has 3 N–H and O–H groups in total. The lowest BCUT2D eigenvalue weighted by molar-refractivity contribution is -0.115. The van der Waals surface area contributed by atoms with Crippen LogP contribution in [0.4, 0.5) is 5.69 Å². The van der Waals surface area contributed by atoms with Crippen molar-refractivity contribution in [3.63, 3.8) is 0 Å². The minimum atomic E-state index is -3.42. The monoisotopic (exact) mass is 276 g/mol. The maximum absolute atomic E-state index is 11.3. The van der Waals surface area contributed by atoms with Crippen molar-refractivity contribution < 1.29 is 13.2 Å². The van der Waals surface area contributed by atoms with Gasteiger partial charge in [0.05, 0.1) is 5.75 Å². The normalized spacial score (nSPS) is 11.1. The number of nitrogens with one attached hydrogen (secondary N) is 1. The summed E-state index contributed by atoms with van der Waals surface area (Å²) in [5.74, 6) is -1.59. The molecule has 5 nitrogen and oxygen atoms in total. The molecular formula is C10H13ClN2O3S. The zero-order chi connectivity index (χ0) is 12.9. The van der Waals surface area contributed by atoms with Gasteiger partial charge in [0.2, 0.25) is 5.91 Å². The Labute approximate surface area is 105 Å². The van der Waals surface area contributed by atoms with Crippen molar-refractivity contribution in [2.75, 3.05) is 23.4 Å². The average molecular weight is 277 g/mol. The van der Waals surface area contributed by atoms with Crippen LogP contribution in [0.5, 0.6) is 0 Å². The summed E-state index contributed by atoms with van der Waals surface area (Å²) in [7, 11) is -3.42. The van der Waals surface area contributed by atoms with Crippen molar-refractivity contribution in [3.8, 4) is 0 Å². The Hall–Kier alpha value is -1.27. The molecule has 7 heteroatoms. The van der Waals surface area contributed by atoms with Crippen molar-refractivity contribution in [2.45, 2.75) is 0 Å². The van der Waals surface area contributed by atoms with E-state index >= 15 is 0 Å². The van der Waals surface area contributed by atoms with Crippen LogP contribution < -0.4 is 11.1 Å². The second-order valence-electron chi connectivity index (χ2n) is 3.49. The number of nitrogens with two attached hydrogens (primary N) is 1. The molecule has 0 unspecified atom stereocenters. The van der Waals surface area contributed by atoms with E-state index in [0.29, 0.717) is 5.02 Å². The Morgan fingerprint density at radius 3 is 2.41 bits per heavy atom. The topological polar surface area (TPSA) is 89.3 Å². The van der Waals surface area contributed by atoms with Crippen molar-refractivity contribution in [1.29, 1.82) is 0 Å². The summed E-state index contributed by atoms with van der Waals surface area (Å²) >= 11 is 5.70. The molecule has 17 heavy (non-hydrogen) atoms. The van der Waals surface area contributed by atoms with Crippen molar-refractivity contribution >= 4 is 33.0 Å². The highest BCUT2D eigenvalue weighted by Crippen LogP contribution is 2.12. The summed E-state index contributed by atoms with van der Waals surface area (Å²) in [4.78, 5) is 10.5. The number of sulfone groups is 1. The number of primary amides is 1. The number of carbonyl (C=O) groups excluding carboxylic acids is 1. The Kier molecular flexibility index (Phi) is 4.77. The van der Waals surface area contributed by atoms with E-state index in [-0.39, 0.29) is 12.3 Å². The molecular weight excluding hydrogens is 264 g/mol. The van der Waals surface area contributed by atoms with Gasteiger partial charge in [-0.15, -0.1) is 0 Å². The molecule has 0 saturated carbocycles. The average Bonchev–Trinajstić information content (AvgIpc) is 2.18. The fourth-order valence-electron chi connectivity index (χ4n) is 1.21. The van der Waals surface area contributed by atoms with E-state index in [1.54, 1.807) is 24.3 Å². The molecule has 0 heterocycles. The molecule has 0 aliphatic rings. The summed E-state index contributed by atoms with van der Waals surface area (Å²) in [6.45, 7) is 0.219. The summed E-state index contributed by atoms with van der Waals surface area (Å²) in [5.41, 5.74) is 5.59. The van der Waals surface area contributed by atoms with Crippen LogP contribution in [0.25, 0.3) is 0 Å². The summed E-state index contributed by atoms with van der Waals surface area (Å²) < 4.78 is 22.6. The van der Waals surface area contributed by atoms with Crippen LogP contribution in [0.1, 0.15) is 0 Å². The van der Waals surface area contributed by atoms with E-state index in [1.165, 1.54) is 0 Å². The zero-order valence-corrected chi connectivity index (χ0v) is 10.6. The van der Waals surface area contributed by atoms with Gasteiger partial charge in [0.1, 0.15) is 5.75 Å². The first kappa shape index (κ1) is 13.8. The predicted octanol–water partition coefficient (Wildman–Crippen LogP) is 0.652. The van der Waals surface area contributed by atoms with Crippen LogP contribution in [0.3, 0.4) is 0 Å². The first-order valence-electron chi connectivity index (χ1n) is 4.87. The molecule has 0 bridgehead atoms. The van der Waals surface area contributed by atoms with E-state index in [9.17, 15) is 13.2 Å². The van der Waals surface area contributed by atoms with Crippen LogP contribution in [0.15, 0.2) is 24.3 Å². The van der Waals surface area contributed by atoms with Crippen LogP contribution >= 0.6 is 11.6 Å². The van der Waals surface area contributed by atoms with E-state index in [1.807, 2.05) is 0 Å². The highest BCUT2D eigenvalue weighted by molar-refractivity contribution is 7.92. The number of halogens is 1. The number of rotatable bonds is 6. The van der Waals surface area contributed by atoms with Gasteiger partial charge in [-0.1, -0.05) is 11.6 Å². The molecule has 0 aromatic heterocycles. The van der Waals surface area contributed by atoms with Gasteiger partial charge in [-0.3, -0.25) is 4.79 Å². The number of anilines is 1. The number of benzene rings is 1. The minimum Gasteiger partial charge on any atom is -0.384 e. The Morgan fingerprint density at radius 2 is 1.88 bits per heavy atom. The summed E-state index contributed by atoms with van der Waals surface area (Å²) in [6.07, 6.45) is 0. The molecule has 0 fully saturated rings. The Morgan fingerprint density at radius 1 is 1.29 bits per heavy atom. The van der Waals surface area contributed by atoms with Crippen LogP contribution in [-0.2, 0) is 14.6 Å². The molecule has 1 amide bonds. The molecule has 0 aliphatic carbocycles. The molecule has 0 saturated heterocycles. The first-order valence-corrected chi connectivity index (χ1v) is 7.07. The standard InChI is InChI=1S/C10H13ClN2O3S/c11-8-1-3-9(4-2-8)13-5-6-17(15,16)7-10(12)14/h1-4,13H,5-7H2,(H2,12,14). The van der Waals surface area contributed by atoms with Crippen LogP contribution in [0, 0.1) is 0 Å². The lowest BCUT2D eigenvalue weighted by Gasteiger charge is -2.06. The molecule has 0 atom stereocenters. The maximum atomic E-state index is 11.3. The maximum Gasteiger partial charge on any atom is 0.232 e. The smallest absolute Gasteiger partial charge is 0.232 e. The number of hydrogen-bond acceptors (Lipinski definition) is 4. The SMILES string of the molecule is NC(=O)CS(=O)(=O)CCNc1ccc(Cl)cc1. The summed E-state index contributed by atoms with van der Waals surface area (Å²) in [5, 5.41) is 3.52.